The first-order chi connectivity index (χ1) is 14.5. The van der Waals surface area contributed by atoms with E-state index in [-0.39, 0.29) is 24.0 Å². The van der Waals surface area contributed by atoms with E-state index in [0.29, 0.717) is 54.9 Å². The van der Waals surface area contributed by atoms with E-state index in [0.717, 1.165) is 10.6 Å². The SMILES string of the molecule is O=C(Nc1nc2c(s1)CN(c1nc(-c3ccc(F)cc3)no1)CC2)N[C@H]1C[C@H](O)C1. The Bertz CT molecular complexity index is 1060. The van der Waals surface area contributed by atoms with Gasteiger partial charge in [0.1, 0.15) is 5.82 Å². The van der Waals surface area contributed by atoms with E-state index in [9.17, 15) is 14.3 Å². The standard InChI is InChI=1S/C19H19FN6O3S/c20-11-3-1-10(2-4-11)16-23-19(29-25-16)26-6-5-14-15(9-26)30-18(22-14)24-17(28)21-12-7-13(27)8-12/h1-4,12-13,27H,5-9H2,(H2,21,22,24,28)/t12-,13-. The highest BCUT2D eigenvalue weighted by Crippen LogP contribution is 2.31. The number of aliphatic hydroxyl groups excluding tert-OH is 1. The fourth-order valence-electron chi connectivity index (χ4n) is 3.50. The zero-order valence-corrected chi connectivity index (χ0v) is 16.7. The van der Waals surface area contributed by atoms with E-state index in [4.69, 9.17) is 4.52 Å². The van der Waals surface area contributed by atoms with Crippen molar-refractivity contribution in [3.63, 3.8) is 0 Å². The van der Waals surface area contributed by atoms with Crippen LogP contribution in [0.25, 0.3) is 11.4 Å². The van der Waals surface area contributed by atoms with Crippen LogP contribution in [0.15, 0.2) is 28.8 Å². The largest absolute Gasteiger partial charge is 0.393 e. The van der Waals surface area contributed by atoms with Crippen molar-refractivity contribution in [2.45, 2.75) is 38.0 Å². The molecule has 1 aromatic carbocycles. The Morgan fingerprint density at radius 1 is 1.27 bits per heavy atom. The highest BCUT2D eigenvalue weighted by molar-refractivity contribution is 7.15. The number of amides is 2. The Balaban J connectivity index is 1.23. The molecular weight excluding hydrogens is 411 g/mol. The number of rotatable bonds is 4. The predicted octanol–water partition coefficient (Wildman–Crippen LogP) is 2.54. The van der Waals surface area contributed by atoms with E-state index < -0.39 is 0 Å². The average molecular weight is 430 g/mol. The number of nitrogens with zero attached hydrogens (tertiary/aromatic N) is 4. The number of hydrogen-bond acceptors (Lipinski definition) is 8. The van der Waals surface area contributed by atoms with Crippen LogP contribution in [0, 0.1) is 5.82 Å². The topological polar surface area (TPSA) is 116 Å². The van der Waals surface area contributed by atoms with Crippen molar-refractivity contribution in [2.75, 3.05) is 16.8 Å². The second kappa shape index (κ2) is 7.65. The van der Waals surface area contributed by atoms with Crippen molar-refractivity contribution < 1.29 is 18.8 Å². The molecule has 1 fully saturated rings. The number of hydrogen-bond donors (Lipinski definition) is 3. The van der Waals surface area contributed by atoms with Gasteiger partial charge in [-0.15, -0.1) is 0 Å². The van der Waals surface area contributed by atoms with Gasteiger partial charge in [-0.05, 0) is 37.1 Å². The van der Waals surface area contributed by atoms with Crippen LogP contribution in [0.5, 0.6) is 0 Å². The Hall–Kier alpha value is -3.05. The molecule has 3 heterocycles. The molecule has 0 unspecified atom stereocenters. The number of fused-ring (bicyclic) bond motifs is 1. The molecule has 30 heavy (non-hydrogen) atoms. The monoisotopic (exact) mass is 430 g/mol. The van der Waals surface area contributed by atoms with E-state index in [1.165, 1.54) is 23.5 Å². The molecular formula is C19H19FN6O3S. The smallest absolute Gasteiger partial charge is 0.324 e. The van der Waals surface area contributed by atoms with Gasteiger partial charge < -0.3 is 19.8 Å². The zero-order chi connectivity index (χ0) is 20.7. The van der Waals surface area contributed by atoms with Crippen molar-refractivity contribution in [2.24, 2.45) is 0 Å². The van der Waals surface area contributed by atoms with Gasteiger partial charge >= 0.3 is 12.0 Å². The van der Waals surface area contributed by atoms with Crippen molar-refractivity contribution in [3.8, 4) is 11.4 Å². The third-order valence-electron chi connectivity index (χ3n) is 5.19. The lowest BCUT2D eigenvalue weighted by atomic mass is 9.90. The van der Waals surface area contributed by atoms with Crippen LogP contribution >= 0.6 is 11.3 Å². The molecule has 3 aromatic rings. The molecule has 0 spiro atoms. The first-order valence-corrected chi connectivity index (χ1v) is 10.4. The van der Waals surface area contributed by atoms with Crippen LogP contribution in [-0.4, -0.2) is 45.0 Å². The summed E-state index contributed by atoms with van der Waals surface area (Å²) in [6.45, 7) is 1.21. The molecule has 2 aromatic heterocycles. The number of carbonyl (C=O) groups excluding carboxylic acids is 1. The van der Waals surface area contributed by atoms with Gasteiger partial charge in [0.15, 0.2) is 5.13 Å². The van der Waals surface area contributed by atoms with E-state index in [1.807, 2.05) is 4.90 Å². The molecule has 0 saturated heterocycles. The first-order valence-electron chi connectivity index (χ1n) is 9.62. The minimum Gasteiger partial charge on any atom is -0.393 e. The van der Waals surface area contributed by atoms with E-state index in [1.54, 1.807) is 12.1 Å². The van der Waals surface area contributed by atoms with Gasteiger partial charge in [-0.25, -0.2) is 14.2 Å². The van der Waals surface area contributed by atoms with Gasteiger partial charge in [0, 0.05) is 29.4 Å². The maximum Gasteiger partial charge on any atom is 0.324 e. The van der Waals surface area contributed by atoms with Gasteiger partial charge in [0.2, 0.25) is 5.82 Å². The Kier molecular flexibility index (Phi) is 4.83. The number of nitrogens with one attached hydrogen (secondary N) is 2. The minimum absolute atomic E-state index is 0.0120. The molecule has 1 aliphatic carbocycles. The predicted molar refractivity (Wildman–Crippen MR) is 108 cm³/mol. The molecule has 3 N–H and O–H groups in total. The number of anilines is 2. The molecule has 1 aliphatic heterocycles. The van der Waals surface area contributed by atoms with Crippen LogP contribution in [0.2, 0.25) is 0 Å². The van der Waals surface area contributed by atoms with Crippen LogP contribution in [0.3, 0.4) is 0 Å². The number of halogens is 1. The van der Waals surface area contributed by atoms with Crippen molar-refractivity contribution in [1.29, 1.82) is 0 Å². The number of urea groups is 1. The molecule has 2 aliphatic rings. The lowest BCUT2D eigenvalue weighted by molar-refractivity contribution is 0.0671. The number of aliphatic hydroxyl groups is 1. The van der Waals surface area contributed by atoms with Crippen molar-refractivity contribution in [1.82, 2.24) is 20.4 Å². The van der Waals surface area contributed by atoms with Crippen LogP contribution in [0.4, 0.5) is 20.3 Å². The first kappa shape index (κ1) is 18.9. The molecule has 0 bridgehead atoms. The fourth-order valence-corrected chi connectivity index (χ4v) is 4.52. The number of benzene rings is 1. The Labute approximate surface area is 174 Å². The third-order valence-corrected chi connectivity index (χ3v) is 6.19. The third kappa shape index (κ3) is 3.85. The summed E-state index contributed by atoms with van der Waals surface area (Å²) < 4.78 is 18.5. The minimum atomic E-state index is -0.320. The Morgan fingerprint density at radius 3 is 2.83 bits per heavy atom. The van der Waals surface area contributed by atoms with E-state index >= 15 is 0 Å². The average Bonchev–Trinajstić information content (AvgIpc) is 3.33. The molecule has 5 rings (SSSR count). The summed E-state index contributed by atoms with van der Waals surface area (Å²) >= 11 is 1.41. The summed E-state index contributed by atoms with van der Waals surface area (Å²) in [6.07, 6.45) is 1.54. The van der Waals surface area contributed by atoms with Gasteiger partial charge in [-0.1, -0.05) is 16.5 Å². The van der Waals surface area contributed by atoms with Gasteiger partial charge in [-0.2, -0.15) is 4.98 Å². The summed E-state index contributed by atoms with van der Waals surface area (Å²) in [5, 5.41) is 19.4. The molecule has 0 radical (unpaired) electrons. The highest BCUT2D eigenvalue weighted by atomic mass is 32.1. The summed E-state index contributed by atoms with van der Waals surface area (Å²) in [7, 11) is 0. The summed E-state index contributed by atoms with van der Waals surface area (Å²) in [4.78, 5) is 24.0. The quantitative estimate of drug-likeness (QED) is 0.582. The second-order valence-corrected chi connectivity index (χ2v) is 8.47. The number of carbonyl (C=O) groups is 1. The second-order valence-electron chi connectivity index (χ2n) is 7.39. The van der Waals surface area contributed by atoms with Gasteiger partial charge in [0.25, 0.3) is 0 Å². The number of aromatic nitrogens is 3. The van der Waals surface area contributed by atoms with Gasteiger partial charge in [-0.3, -0.25) is 5.32 Å². The molecule has 9 nitrogen and oxygen atoms in total. The van der Waals surface area contributed by atoms with Crippen molar-refractivity contribution >= 4 is 28.5 Å². The maximum atomic E-state index is 13.1. The lowest BCUT2D eigenvalue weighted by Crippen LogP contribution is -2.48. The normalized spacial score (nSPS) is 20.4. The number of thiazole rings is 1. The molecule has 0 atom stereocenters. The zero-order valence-electron chi connectivity index (χ0n) is 15.8. The lowest BCUT2D eigenvalue weighted by Gasteiger charge is -2.31. The highest BCUT2D eigenvalue weighted by Gasteiger charge is 2.29. The molecule has 1 saturated carbocycles. The Morgan fingerprint density at radius 2 is 2.07 bits per heavy atom. The van der Waals surface area contributed by atoms with Crippen LogP contribution < -0.4 is 15.5 Å². The summed E-state index contributed by atoms with van der Waals surface area (Å²) in [6, 6.07) is 6.02. The molecule has 156 valence electrons. The fraction of sp³-hybridized carbons (Fsp3) is 0.368. The molecule has 11 heteroatoms. The summed E-state index contributed by atoms with van der Waals surface area (Å²) in [5.41, 5.74) is 1.63. The van der Waals surface area contributed by atoms with Crippen LogP contribution in [0.1, 0.15) is 23.4 Å². The van der Waals surface area contributed by atoms with Gasteiger partial charge in [0.05, 0.1) is 18.3 Å². The maximum absolute atomic E-state index is 13.1. The van der Waals surface area contributed by atoms with E-state index in [2.05, 4.69) is 25.8 Å². The summed E-state index contributed by atoms with van der Waals surface area (Å²) in [5.74, 6) is 0.0832. The van der Waals surface area contributed by atoms with Crippen LogP contribution in [-0.2, 0) is 13.0 Å². The molecule has 2 amide bonds. The van der Waals surface area contributed by atoms with Crippen molar-refractivity contribution in [3.05, 3.63) is 40.7 Å².